The Balaban J connectivity index is 2.26. The van der Waals surface area contributed by atoms with Crippen LogP contribution in [0.4, 0.5) is 0 Å². The van der Waals surface area contributed by atoms with Crippen LogP contribution in [0.5, 0.6) is 11.5 Å². The van der Waals surface area contributed by atoms with Gasteiger partial charge in [-0.2, -0.15) is 0 Å². The van der Waals surface area contributed by atoms with E-state index in [0.29, 0.717) is 23.9 Å². The highest BCUT2D eigenvalue weighted by Gasteiger charge is 2.16. The van der Waals surface area contributed by atoms with Gasteiger partial charge in [-0.15, -0.1) is 0 Å². The minimum Gasteiger partial charge on any atom is -0.496 e. The molecule has 27 heavy (non-hydrogen) atoms. The molecule has 0 bridgehead atoms. The fourth-order valence-corrected chi connectivity index (χ4v) is 3.33. The molecule has 0 spiro atoms. The average molecular weight is 387 g/mol. The van der Waals surface area contributed by atoms with Crippen LogP contribution < -0.4 is 9.47 Å². The zero-order chi connectivity index (χ0) is 19.4. The molecule has 0 unspecified atom stereocenters. The van der Waals surface area contributed by atoms with Crippen molar-refractivity contribution in [3.63, 3.8) is 0 Å². The van der Waals surface area contributed by atoms with Gasteiger partial charge in [0.15, 0.2) is 0 Å². The van der Waals surface area contributed by atoms with Gasteiger partial charge < -0.3 is 14.6 Å². The van der Waals surface area contributed by atoms with Crippen molar-refractivity contribution in [3.05, 3.63) is 53.1 Å². The summed E-state index contributed by atoms with van der Waals surface area (Å²) in [5, 5.41) is 10.8. The molecule has 5 nitrogen and oxygen atoms in total. The number of fused-ring (bicyclic) bond motifs is 1. The number of hydrogen-bond acceptors (Lipinski definition) is 5. The normalized spacial score (nSPS) is 11.2. The number of nitrogens with zero attached hydrogens (tertiary/aromatic N) is 2. The van der Waals surface area contributed by atoms with Crippen LogP contribution in [-0.2, 0) is 6.54 Å². The second kappa shape index (κ2) is 8.57. The van der Waals surface area contributed by atoms with Gasteiger partial charge in [0.25, 0.3) is 0 Å². The lowest BCUT2D eigenvalue weighted by Crippen LogP contribution is -2.22. The third-order valence-corrected chi connectivity index (χ3v) is 4.68. The Morgan fingerprint density at radius 1 is 1.07 bits per heavy atom. The SMILES string of the molecule is COc1ccc(OC)c2nc(-c3cccc(Cl)c3)c(CN(C)CCO)cc12. The second-order valence-corrected chi connectivity index (χ2v) is 6.77. The summed E-state index contributed by atoms with van der Waals surface area (Å²) in [6, 6.07) is 13.4. The number of aliphatic hydroxyl groups excluding tert-OH is 1. The first kappa shape index (κ1) is 19.4. The van der Waals surface area contributed by atoms with Crippen LogP contribution in [0.2, 0.25) is 5.02 Å². The van der Waals surface area contributed by atoms with E-state index in [4.69, 9.17) is 26.1 Å². The molecule has 1 N–H and O–H groups in total. The van der Waals surface area contributed by atoms with E-state index in [0.717, 1.165) is 33.5 Å². The number of hydrogen-bond donors (Lipinski definition) is 1. The molecule has 0 saturated heterocycles. The molecule has 0 radical (unpaired) electrons. The number of methoxy groups -OCH3 is 2. The Bertz CT molecular complexity index is 946. The molecule has 0 aliphatic heterocycles. The van der Waals surface area contributed by atoms with Gasteiger partial charge in [-0.1, -0.05) is 23.7 Å². The van der Waals surface area contributed by atoms with E-state index in [-0.39, 0.29) is 6.61 Å². The quantitative estimate of drug-likeness (QED) is 0.665. The van der Waals surface area contributed by atoms with Crippen LogP contribution in [0.15, 0.2) is 42.5 Å². The number of aliphatic hydroxyl groups is 1. The average Bonchev–Trinajstić information content (AvgIpc) is 2.66. The third-order valence-electron chi connectivity index (χ3n) is 4.45. The second-order valence-electron chi connectivity index (χ2n) is 6.33. The molecule has 142 valence electrons. The smallest absolute Gasteiger partial charge is 0.145 e. The predicted molar refractivity (Wildman–Crippen MR) is 109 cm³/mol. The summed E-state index contributed by atoms with van der Waals surface area (Å²) < 4.78 is 11.0. The van der Waals surface area contributed by atoms with E-state index in [1.165, 1.54) is 0 Å². The summed E-state index contributed by atoms with van der Waals surface area (Å²) in [7, 11) is 5.24. The van der Waals surface area contributed by atoms with E-state index in [9.17, 15) is 5.11 Å². The van der Waals surface area contributed by atoms with Crippen LogP contribution in [0.1, 0.15) is 5.56 Å². The number of ether oxygens (including phenoxy) is 2. The number of benzene rings is 2. The number of aromatic nitrogens is 1. The van der Waals surface area contributed by atoms with Gasteiger partial charge in [0.1, 0.15) is 17.0 Å². The van der Waals surface area contributed by atoms with Crippen molar-refractivity contribution in [3.8, 4) is 22.8 Å². The summed E-state index contributed by atoms with van der Waals surface area (Å²) in [5.41, 5.74) is 3.52. The Morgan fingerprint density at radius 3 is 2.48 bits per heavy atom. The summed E-state index contributed by atoms with van der Waals surface area (Å²) in [5.74, 6) is 1.42. The zero-order valence-corrected chi connectivity index (χ0v) is 16.5. The molecule has 0 aliphatic carbocycles. The Hall–Kier alpha value is -2.34. The minimum absolute atomic E-state index is 0.0984. The van der Waals surface area contributed by atoms with Crippen molar-refractivity contribution < 1.29 is 14.6 Å². The van der Waals surface area contributed by atoms with Crippen molar-refractivity contribution in [1.29, 1.82) is 0 Å². The fourth-order valence-electron chi connectivity index (χ4n) is 3.14. The Morgan fingerprint density at radius 2 is 1.81 bits per heavy atom. The predicted octanol–water partition coefficient (Wildman–Crippen LogP) is 4.00. The summed E-state index contributed by atoms with van der Waals surface area (Å²) in [6.45, 7) is 1.30. The molecule has 0 aliphatic rings. The number of rotatable bonds is 7. The van der Waals surface area contributed by atoms with Gasteiger partial charge in [-0.05, 0) is 42.9 Å². The minimum atomic E-state index is 0.0984. The van der Waals surface area contributed by atoms with Crippen LogP contribution in [-0.4, -0.2) is 49.4 Å². The van der Waals surface area contributed by atoms with Gasteiger partial charge in [-0.3, -0.25) is 4.90 Å². The van der Waals surface area contributed by atoms with Crippen LogP contribution >= 0.6 is 11.6 Å². The topological polar surface area (TPSA) is 54.8 Å². The maximum atomic E-state index is 9.25. The largest absolute Gasteiger partial charge is 0.496 e. The standard InChI is InChI=1S/C21H23ClN2O3/c1-24(9-10-25)13-15-12-17-18(26-2)7-8-19(27-3)21(17)23-20(15)14-5-4-6-16(22)11-14/h4-8,11-12,25H,9-10,13H2,1-3H3. The highest BCUT2D eigenvalue weighted by molar-refractivity contribution is 6.30. The van der Waals surface area contributed by atoms with E-state index < -0.39 is 0 Å². The Kier molecular flexibility index (Phi) is 6.16. The van der Waals surface area contributed by atoms with Gasteiger partial charge >= 0.3 is 0 Å². The van der Waals surface area contributed by atoms with Gasteiger partial charge in [0, 0.05) is 29.1 Å². The highest BCUT2D eigenvalue weighted by Crippen LogP contribution is 2.36. The molecule has 0 fully saturated rings. The Labute approximate surface area is 164 Å². The van der Waals surface area contributed by atoms with E-state index >= 15 is 0 Å². The first-order valence-electron chi connectivity index (χ1n) is 8.67. The summed E-state index contributed by atoms with van der Waals surface area (Å²) >= 11 is 6.21. The van der Waals surface area contributed by atoms with E-state index in [1.807, 2.05) is 48.3 Å². The van der Waals surface area contributed by atoms with Gasteiger partial charge in [0.05, 0.1) is 26.5 Å². The number of likely N-dealkylation sites (N-methyl/N-ethyl adjacent to an activating group) is 1. The summed E-state index contributed by atoms with van der Waals surface area (Å²) in [4.78, 5) is 6.97. The van der Waals surface area contributed by atoms with Crippen molar-refractivity contribution in [2.75, 3.05) is 34.4 Å². The van der Waals surface area contributed by atoms with E-state index in [1.54, 1.807) is 14.2 Å². The molecule has 3 aromatic rings. The summed E-state index contributed by atoms with van der Waals surface area (Å²) in [6.07, 6.45) is 0. The third kappa shape index (κ3) is 4.16. The van der Waals surface area contributed by atoms with Crippen molar-refractivity contribution in [2.24, 2.45) is 0 Å². The fraction of sp³-hybridized carbons (Fsp3) is 0.286. The van der Waals surface area contributed by atoms with Gasteiger partial charge in [-0.25, -0.2) is 4.98 Å². The molecule has 0 amide bonds. The van der Waals surface area contributed by atoms with Crippen LogP contribution in [0, 0.1) is 0 Å². The lowest BCUT2D eigenvalue weighted by molar-refractivity contribution is 0.217. The first-order chi connectivity index (χ1) is 13.1. The van der Waals surface area contributed by atoms with Crippen molar-refractivity contribution in [2.45, 2.75) is 6.54 Å². The molecular formula is C21H23ClN2O3. The first-order valence-corrected chi connectivity index (χ1v) is 9.05. The number of halogens is 1. The maximum absolute atomic E-state index is 9.25. The van der Waals surface area contributed by atoms with Gasteiger partial charge in [0.2, 0.25) is 0 Å². The lowest BCUT2D eigenvalue weighted by Gasteiger charge is -2.19. The molecule has 6 heteroatoms. The zero-order valence-electron chi connectivity index (χ0n) is 15.7. The monoisotopic (exact) mass is 386 g/mol. The number of pyridine rings is 1. The molecule has 3 rings (SSSR count). The highest BCUT2D eigenvalue weighted by atomic mass is 35.5. The molecule has 0 saturated carbocycles. The molecule has 1 heterocycles. The molecule has 1 aromatic heterocycles. The van der Waals surface area contributed by atoms with E-state index in [2.05, 4.69) is 6.07 Å². The van der Waals surface area contributed by atoms with Crippen LogP contribution in [0.3, 0.4) is 0 Å². The molecular weight excluding hydrogens is 364 g/mol. The maximum Gasteiger partial charge on any atom is 0.145 e. The molecule has 0 atom stereocenters. The van der Waals surface area contributed by atoms with Crippen LogP contribution in [0.25, 0.3) is 22.2 Å². The van der Waals surface area contributed by atoms with Crippen molar-refractivity contribution in [1.82, 2.24) is 9.88 Å². The lowest BCUT2D eigenvalue weighted by atomic mass is 10.0. The molecule has 2 aromatic carbocycles. The van der Waals surface area contributed by atoms with Crippen molar-refractivity contribution >= 4 is 22.5 Å².